The minimum atomic E-state index is -0.327. The number of methoxy groups -OCH3 is 1. The molecule has 2 heterocycles. The average molecular weight is 524 g/mol. The second-order valence-corrected chi connectivity index (χ2v) is 9.52. The molecule has 3 aromatic carbocycles. The molecule has 5 aromatic rings. The summed E-state index contributed by atoms with van der Waals surface area (Å²) < 4.78 is 25.6. The first kappa shape index (κ1) is 26.0. The number of aromatic nitrogens is 2. The number of halogens is 1. The number of fused-ring (bicyclic) bond motifs is 1. The third-order valence-electron chi connectivity index (χ3n) is 6.91. The van der Waals surface area contributed by atoms with Crippen LogP contribution in [0.15, 0.2) is 85.2 Å². The van der Waals surface area contributed by atoms with Crippen molar-refractivity contribution in [2.75, 3.05) is 7.11 Å². The van der Waals surface area contributed by atoms with Gasteiger partial charge >= 0.3 is 0 Å². The molecule has 0 aliphatic rings. The minimum absolute atomic E-state index is 0.0571. The van der Waals surface area contributed by atoms with E-state index in [2.05, 4.69) is 16.9 Å². The largest absolute Gasteiger partial charge is 0.493 e. The summed E-state index contributed by atoms with van der Waals surface area (Å²) in [5.74, 6) is 0.600. The van der Waals surface area contributed by atoms with E-state index in [4.69, 9.17) is 9.47 Å². The van der Waals surface area contributed by atoms with Crippen molar-refractivity contribution in [1.29, 1.82) is 0 Å². The SMILES string of the molecule is COc1ccc(CN(Cc2ccncc2)C(=O)c2ccc3[nH]c(C)c(C)c3c2)cc1OCc1ccccc1F. The number of rotatable bonds is 9. The maximum absolute atomic E-state index is 14.1. The van der Waals surface area contributed by atoms with Crippen LogP contribution >= 0.6 is 0 Å². The molecule has 0 aliphatic carbocycles. The quantitative estimate of drug-likeness (QED) is 0.232. The molecule has 0 saturated carbocycles. The van der Waals surface area contributed by atoms with Crippen LogP contribution in [0.3, 0.4) is 0 Å². The lowest BCUT2D eigenvalue weighted by Crippen LogP contribution is -2.30. The van der Waals surface area contributed by atoms with Crippen LogP contribution in [-0.4, -0.2) is 27.9 Å². The molecule has 198 valence electrons. The number of nitrogens with one attached hydrogen (secondary N) is 1. The highest BCUT2D eigenvalue weighted by Crippen LogP contribution is 2.30. The van der Waals surface area contributed by atoms with Gasteiger partial charge in [-0.3, -0.25) is 9.78 Å². The van der Waals surface area contributed by atoms with E-state index in [1.807, 2.05) is 49.4 Å². The molecule has 5 rings (SSSR count). The first-order valence-corrected chi connectivity index (χ1v) is 12.7. The maximum Gasteiger partial charge on any atom is 0.254 e. The summed E-state index contributed by atoms with van der Waals surface area (Å²) in [7, 11) is 1.56. The number of hydrogen-bond acceptors (Lipinski definition) is 4. The number of aryl methyl sites for hydroxylation is 2. The number of H-pyrrole nitrogens is 1. The fourth-order valence-corrected chi connectivity index (χ4v) is 4.61. The third-order valence-corrected chi connectivity index (χ3v) is 6.91. The summed E-state index contributed by atoms with van der Waals surface area (Å²) in [4.78, 5) is 23.1. The second-order valence-electron chi connectivity index (χ2n) is 9.52. The molecule has 0 saturated heterocycles. The first-order chi connectivity index (χ1) is 18.9. The highest BCUT2D eigenvalue weighted by atomic mass is 19.1. The van der Waals surface area contributed by atoms with Crippen molar-refractivity contribution in [3.05, 3.63) is 125 Å². The molecule has 0 aliphatic heterocycles. The van der Waals surface area contributed by atoms with Crippen molar-refractivity contribution >= 4 is 16.8 Å². The number of carbonyl (C=O) groups is 1. The van der Waals surface area contributed by atoms with Gasteiger partial charge in [0.1, 0.15) is 12.4 Å². The van der Waals surface area contributed by atoms with Gasteiger partial charge in [-0.1, -0.05) is 24.3 Å². The summed E-state index contributed by atoms with van der Waals surface area (Å²) in [5.41, 5.74) is 6.12. The maximum atomic E-state index is 14.1. The number of pyridine rings is 1. The molecule has 7 heteroatoms. The standard InChI is InChI=1S/C32H30FN3O3/c1-21-22(2)35-29-10-9-25(17-27(21)29)32(37)36(18-23-12-14-34-15-13-23)19-24-8-11-30(38-3)31(16-24)39-20-26-6-4-5-7-28(26)33/h4-17,35H,18-20H2,1-3H3. The molecular formula is C32H30FN3O3. The van der Waals surface area contributed by atoms with Gasteiger partial charge in [-0.05, 0) is 79.1 Å². The van der Waals surface area contributed by atoms with E-state index in [1.54, 1.807) is 48.7 Å². The van der Waals surface area contributed by atoms with E-state index in [9.17, 15) is 9.18 Å². The molecule has 0 spiro atoms. The molecule has 0 fully saturated rings. The lowest BCUT2D eigenvalue weighted by atomic mass is 10.1. The predicted octanol–water partition coefficient (Wildman–Crippen LogP) is 6.75. The lowest BCUT2D eigenvalue weighted by Gasteiger charge is -2.24. The first-order valence-electron chi connectivity index (χ1n) is 12.7. The zero-order valence-corrected chi connectivity index (χ0v) is 22.2. The molecule has 0 radical (unpaired) electrons. The Balaban J connectivity index is 1.44. The van der Waals surface area contributed by atoms with Crippen molar-refractivity contribution in [2.24, 2.45) is 0 Å². The fraction of sp³-hybridized carbons (Fsp3) is 0.188. The Labute approximate surface area is 227 Å². The molecule has 0 atom stereocenters. The van der Waals surface area contributed by atoms with Crippen LogP contribution in [0.4, 0.5) is 4.39 Å². The van der Waals surface area contributed by atoms with Gasteiger partial charge in [-0.15, -0.1) is 0 Å². The van der Waals surface area contributed by atoms with Gasteiger partial charge in [0.15, 0.2) is 11.5 Å². The number of aromatic amines is 1. The summed E-state index contributed by atoms with van der Waals surface area (Å²) in [6.07, 6.45) is 3.44. The molecule has 0 bridgehead atoms. The predicted molar refractivity (Wildman–Crippen MR) is 149 cm³/mol. The summed E-state index contributed by atoms with van der Waals surface area (Å²) in [6, 6.07) is 21.6. The number of amides is 1. The zero-order chi connectivity index (χ0) is 27.4. The summed E-state index contributed by atoms with van der Waals surface area (Å²) in [5, 5.41) is 1.04. The Morgan fingerprint density at radius 3 is 2.46 bits per heavy atom. The van der Waals surface area contributed by atoms with E-state index in [0.717, 1.165) is 33.3 Å². The van der Waals surface area contributed by atoms with Gasteiger partial charge in [-0.25, -0.2) is 4.39 Å². The van der Waals surface area contributed by atoms with Crippen LogP contribution < -0.4 is 9.47 Å². The summed E-state index contributed by atoms with van der Waals surface area (Å²) in [6.45, 7) is 4.88. The smallest absolute Gasteiger partial charge is 0.254 e. The van der Waals surface area contributed by atoms with Gasteiger partial charge in [0.2, 0.25) is 0 Å². The molecule has 1 amide bonds. The van der Waals surface area contributed by atoms with Crippen LogP contribution in [-0.2, 0) is 19.7 Å². The van der Waals surface area contributed by atoms with Crippen LogP contribution in [0.25, 0.3) is 10.9 Å². The molecule has 2 aromatic heterocycles. The highest BCUT2D eigenvalue weighted by Gasteiger charge is 2.19. The van der Waals surface area contributed by atoms with E-state index in [1.165, 1.54) is 6.07 Å². The molecular weight excluding hydrogens is 493 g/mol. The number of hydrogen-bond donors (Lipinski definition) is 1. The Kier molecular flexibility index (Phi) is 7.59. The minimum Gasteiger partial charge on any atom is -0.493 e. The van der Waals surface area contributed by atoms with Crippen LogP contribution in [0, 0.1) is 19.7 Å². The molecule has 6 nitrogen and oxygen atoms in total. The van der Waals surface area contributed by atoms with Crippen molar-refractivity contribution in [3.8, 4) is 11.5 Å². The van der Waals surface area contributed by atoms with Crippen molar-refractivity contribution < 1.29 is 18.7 Å². The Bertz CT molecular complexity index is 1610. The van der Waals surface area contributed by atoms with E-state index in [-0.39, 0.29) is 18.3 Å². The highest BCUT2D eigenvalue weighted by molar-refractivity contribution is 5.99. The summed E-state index contributed by atoms with van der Waals surface area (Å²) >= 11 is 0. The normalized spacial score (nSPS) is 11.0. The van der Waals surface area contributed by atoms with Gasteiger partial charge in [-0.2, -0.15) is 0 Å². The number of carbonyl (C=O) groups excluding carboxylic acids is 1. The third kappa shape index (κ3) is 5.77. The molecule has 0 unspecified atom stereocenters. The van der Waals surface area contributed by atoms with Crippen molar-refractivity contribution in [2.45, 2.75) is 33.5 Å². The average Bonchev–Trinajstić information content (AvgIpc) is 3.24. The monoisotopic (exact) mass is 523 g/mol. The van der Waals surface area contributed by atoms with Crippen LogP contribution in [0.2, 0.25) is 0 Å². The van der Waals surface area contributed by atoms with Gasteiger partial charge in [0, 0.05) is 53.2 Å². The number of benzene rings is 3. The zero-order valence-electron chi connectivity index (χ0n) is 22.2. The van der Waals surface area contributed by atoms with E-state index < -0.39 is 0 Å². The van der Waals surface area contributed by atoms with Crippen molar-refractivity contribution in [3.63, 3.8) is 0 Å². The van der Waals surface area contributed by atoms with Crippen LogP contribution in [0.5, 0.6) is 11.5 Å². The number of nitrogens with zero attached hydrogens (tertiary/aromatic N) is 2. The topological polar surface area (TPSA) is 67.5 Å². The van der Waals surface area contributed by atoms with Crippen LogP contribution in [0.1, 0.15) is 38.3 Å². The van der Waals surface area contributed by atoms with Gasteiger partial charge in [0.25, 0.3) is 5.91 Å². The fourth-order valence-electron chi connectivity index (χ4n) is 4.61. The Morgan fingerprint density at radius 1 is 0.923 bits per heavy atom. The van der Waals surface area contributed by atoms with Gasteiger partial charge in [0.05, 0.1) is 7.11 Å². The lowest BCUT2D eigenvalue weighted by molar-refractivity contribution is 0.0730. The molecule has 1 N–H and O–H groups in total. The Hall–Kier alpha value is -4.65. The Morgan fingerprint density at radius 2 is 1.69 bits per heavy atom. The number of ether oxygens (including phenoxy) is 2. The molecule has 39 heavy (non-hydrogen) atoms. The second kappa shape index (κ2) is 11.4. The van der Waals surface area contributed by atoms with E-state index in [0.29, 0.717) is 35.7 Å². The van der Waals surface area contributed by atoms with Crippen molar-refractivity contribution in [1.82, 2.24) is 14.9 Å². The van der Waals surface area contributed by atoms with Gasteiger partial charge < -0.3 is 19.4 Å². The van der Waals surface area contributed by atoms with E-state index >= 15 is 0 Å².